The van der Waals surface area contributed by atoms with Crippen LogP contribution < -0.4 is 0 Å². The number of ether oxygens (including phenoxy) is 4. The number of carbonyl (C=O) groups is 4. The van der Waals surface area contributed by atoms with Crippen molar-refractivity contribution in [2.75, 3.05) is 80.8 Å². The van der Waals surface area contributed by atoms with E-state index < -0.39 is 93.9 Å². The highest BCUT2D eigenvalue weighted by Gasteiger charge is 2.37. The first-order chi connectivity index (χ1) is 20.5. The molecule has 17 heteroatoms. The minimum Gasteiger partial charge on any atom is -0.465 e. The molecule has 0 rings (SSSR count). The maximum absolute atomic E-state index is 12.4. The van der Waals surface area contributed by atoms with E-state index in [1.807, 2.05) is 0 Å². The van der Waals surface area contributed by atoms with Gasteiger partial charge >= 0.3 is 23.9 Å². The average molecular weight is 677 g/mol. The van der Waals surface area contributed by atoms with Gasteiger partial charge in [-0.2, -0.15) is 35.3 Å². The molecule has 0 aliphatic rings. The van der Waals surface area contributed by atoms with Gasteiger partial charge in [-0.25, -0.2) is 4.79 Å². The SMILES string of the molecule is C=CC(=O)OCC(COC(=O)CCSCC(O)CO)(COC(=O)CCSCC(O)CO)COC(=O)CCSCC(O)CO. The van der Waals surface area contributed by atoms with Gasteiger partial charge in [0, 0.05) is 40.6 Å². The van der Waals surface area contributed by atoms with Crippen LogP contribution in [-0.2, 0) is 38.1 Å². The predicted molar refractivity (Wildman–Crippen MR) is 162 cm³/mol. The molecule has 250 valence electrons. The molecule has 3 unspecified atom stereocenters. The number of hydrogen-bond donors (Lipinski definition) is 6. The first kappa shape index (κ1) is 41.4. The van der Waals surface area contributed by atoms with Crippen molar-refractivity contribution in [3.05, 3.63) is 12.7 Å². The molecule has 0 saturated heterocycles. The molecule has 6 N–H and O–H groups in total. The highest BCUT2D eigenvalue weighted by atomic mass is 32.2. The van der Waals surface area contributed by atoms with Crippen molar-refractivity contribution in [2.24, 2.45) is 5.41 Å². The molecule has 0 aromatic carbocycles. The summed E-state index contributed by atoms with van der Waals surface area (Å²) in [6.07, 6.45) is -2.03. The Bertz CT molecular complexity index is 732. The largest absolute Gasteiger partial charge is 0.465 e. The molecule has 14 nitrogen and oxygen atoms in total. The molecule has 0 bridgehead atoms. The van der Waals surface area contributed by atoms with Crippen LogP contribution in [0.2, 0.25) is 0 Å². The summed E-state index contributed by atoms with van der Waals surface area (Å²) in [5, 5.41) is 54.9. The van der Waals surface area contributed by atoms with Crippen molar-refractivity contribution in [1.29, 1.82) is 0 Å². The Balaban J connectivity index is 5.38. The van der Waals surface area contributed by atoms with Crippen molar-refractivity contribution in [3.8, 4) is 0 Å². The summed E-state index contributed by atoms with van der Waals surface area (Å²) in [5.74, 6) is -1.29. The van der Waals surface area contributed by atoms with Crippen LogP contribution >= 0.6 is 35.3 Å². The van der Waals surface area contributed by atoms with Gasteiger partial charge in [0.05, 0.1) is 57.4 Å². The summed E-state index contributed by atoms with van der Waals surface area (Å²) in [6, 6.07) is 0. The third-order valence-corrected chi connectivity index (χ3v) is 8.56. The quantitative estimate of drug-likeness (QED) is 0.0259. The Morgan fingerprint density at radius 1 is 0.605 bits per heavy atom. The molecular formula is C26H44O14S3. The summed E-state index contributed by atoms with van der Waals surface area (Å²) in [6.45, 7) is 0.292. The van der Waals surface area contributed by atoms with Crippen molar-refractivity contribution in [3.63, 3.8) is 0 Å². The maximum atomic E-state index is 12.4. The lowest BCUT2D eigenvalue weighted by Gasteiger charge is -2.31. The number of rotatable bonds is 27. The van der Waals surface area contributed by atoms with Crippen LogP contribution in [0.25, 0.3) is 0 Å². The standard InChI is InChI=1S/C26H44O14S3/c1-2-22(33)37-15-26(16-38-23(34)3-6-41-12-19(30)9-27,17-39-24(35)4-7-42-13-20(31)10-28)18-40-25(36)5-8-43-14-21(32)11-29/h2,19-21,27-32H,1,3-18H2. The van der Waals surface area contributed by atoms with Gasteiger partial charge < -0.3 is 49.6 Å². The van der Waals surface area contributed by atoms with E-state index in [-0.39, 0.29) is 53.8 Å². The van der Waals surface area contributed by atoms with Gasteiger partial charge in [0.25, 0.3) is 0 Å². The third kappa shape index (κ3) is 22.6. The van der Waals surface area contributed by atoms with Crippen LogP contribution in [0.1, 0.15) is 19.3 Å². The van der Waals surface area contributed by atoms with E-state index in [0.29, 0.717) is 0 Å². The van der Waals surface area contributed by atoms with E-state index in [1.54, 1.807) is 0 Å². The lowest BCUT2D eigenvalue weighted by Crippen LogP contribution is -2.44. The van der Waals surface area contributed by atoms with E-state index in [1.165, 1.54) is 35.3 Å². The summed E-state index contributed by atoms with van der Waals surface area (Å²) in [5.41, 5.74) is -1.47. The van der Waals surface area contributed by atoms with Gasteiger partial charge in [-0.3, -0.25) is 14.4 Å². The van der Waals surface area contributed by atoms with E-state index >= 15 is 0 Å². The monoisotopic (exact) mass is 676 g/mol. The second-order valence-electron chi connectivity index (χ2n) is 9.28. The highest BCUT2D eigenvalue weighted by Crippen LogP contribution is 2.23. The zero-order valence-corrected chi connectivity index (χ0v) is 26.5. The number of thioether (sulfide) groups is 3. The molecule has 0 saturated carbocycles. The minimum atomic E-state index is -1.47. The number of aliphatic hydroxyl groups excluding tert-OH is 6. The van der Waals surface area contributed by atoms with Crippen LogP contribution in [0.15, 0.2) is 12.7 Å². The van der Waals surface area contributed by atoms with Gasteiger partial charge in [0.15, 0.2) is 0 Å². The molecule has 0 aliphatic heterocycles. The lowest BCUT2D eigenvalue weighted by molar-refractivity contribution is -0.168. The minimum absolute atomic E-state index is 0.0568. The summed E-state index contributed by atoms with van der Waals surface area (Å²) in [4.78, 5) is 49.1. The van der Waals surface area contributed by atoms with Gasteiger partial charge in [0.1, 0.15) is 31.8 Å². The van der Waals surface area contributed by atoms with E-state index in [9.17, 15) is 34.5 Å². The van der Waals surface area contributed by atoms with Gasteiger partial charge in [-0.1, -0.05) is 6.58 Å². The van der Waals surface area contributed by atoms with Crippen molar-refractivity contribution >= 4 is 59.2 Å². The Labute approximate surface area is 263 Å². The van der Waals surface area contributed by atoms with Gasteiger partial charge in [0.2, 0.25) is 0 Å². The average Bonchev–Trinajstić information content (AvgIpc) is 3.01. The Morgan fingerprint density at radius 3 is 1.19 bits per heavy atom. The molecule has 0 radical (unpaired) electrons. The second-order valence-corrected chi connectivity index (χ2v) is 12.7. The van der Waals surface area contributed by atoms with Gasteiger partial charge in [-0.15, -0.1) is 0 Å². The van der Waals surface area contributed by atoms with Crippen LogP contribution in [-0.4, -0.2) is 154 Å². The molecule has 43 heavy (non-hydrogen) atoms. The van der Waals surface area contributed by atoms with E-state index in [0.717, 1.165) is 6.08 Å². The van der Waals surface area contributed by atoms with Crippen LogP contribution in [0, 0.1) is 5.41 Å². The molecule has 0 fully saturated rings. The van der Waals surface area contributed by atoms with Crippen molar-refractivity contribution in [1.82, 2.24) is 0 Å². The number of hydrogen-bond acceptors (Lipinski definition) is 17. The normalized spacial score (nSPS) is 14.6. The third-order valence-electron chi connectivity index (χ3n) is 5.22. The highest BCUT2D eigenvalue weighted by molar-refractivity contribution is 7.99. The first-order valence-corrected chi connectivity index (χ1v) is 16.8. The zero-order valence-electron chi connectivity index (χ0n) is 24.0. The second kappa shape index (κ2) is 25.7. The molecule has 3 atom stereocenters. The Hall–Kier alpha value is -1.57. The maximum Gasteiger partial charge on any atom is 0.330 e. The zero-order chi connectivity index (χ0) is 32.5. The van der Waals surface area contributed by atoms with Crippen molar-refractivity contribution < 1.29 is 68.8 Å². The number of esters is 4. The fraction of sp³-hybridized carbons (Fsp3) is 0.769. The van der Waals surface area contributed by atoms with Crippen LogP contribution in [0.4, 0.5) is 0 Å². The molecule has 0 amide bonds. The summed E-state index contributed by atoms with van der Waals surface area (Å²) >= 11 is 3.68. The lowest BCUT2D eigenvalue weighted by atomic mass is 9.92. The predicted octanol–water partition coefficient (Wildman–Crippen LogP) is -1.24. The summed E-state index contributed by atoms with van der Waals surface area (Å²) in [7, 11) is 0. The van der Waals surface area contributed by atoms with Crippen LogP contribution in [0.3, 0.4) is 0 Å². The Morgan fingerprint density at radius 2 is 0.907 bits per heavy atom. The topological polar surface area (TPSA) is 227 Å². The van der Waals surface area contributed by atoms with Crippen molar-refractivity contribution in [2.45, 2.75) is 37.6 Å². The van der Waals surface area contributed by atoms with E-state index in [2.05, 4.69) is 6.58 Å². The molecule has 0 aromatic rings. The van der Waals surface area contributed by atoms with E-state index in [4.69, 9.17) is 34.3 Å². The fourth-order valence-electron chi connectivity index (χ4n) is 2.73. The fourth-order valence-corrected chi connectivity index (χ4v) is 5.30. The molecule has 0 spiro atoms. The molecule has 0 aliphatic carbocycles. The number of aliphatic hydroxyl groups is 6. The number of carbonyl (C=O) groups excluding carboxylic acids is 4. The first-order valence-electron chi connectivity index (χ1n) is 13.4. The molecule has 0 aromatic heterocycles. The summed E-state index contributed by atoms with van der Waals surface area (Å²) < 4.78 is 21.3. The Kier molecular flexibility index (Phi) is 24.8. The molecular weight excluding hydrogens is 632 g/mol. The molecule has 0 heterocycles. The van der Waals surface area contributed by atoms with Crippen LogP contribution in [0.5, 0.6) is 0 Å². The smallest absolute Gasteiger partial charge is 0.330 e. The van der Waals surface area contributed by atoms with Gasteiger partial charge in [-0.05, 0) is 0 Å².